The molecule has 0 spiro atoms. The van der Waals surface area contributed by atoms with Crippen LogP contribution in [0.5, 0.6) is 11.5 Å². The minimum Gasteiger partial charge on any atom is -0.481 e. The van der Waals surface area contributed by atoms with E-state index >= 15 is 0 Å². The maximum atomic E-state index is 10.5. The van der Waals surface area contributed by atoms with Gasteiger partial charge in [-0.15, -0.1) is 0 Å². The second kappa shape index (κ2) is 4.43. The zero-order valence-corrected chi connectivity index (χ0v) is 9.10. The lowest BCUT2D eigenvalue weighted by Crippen LogP contribution is -2.06. The molecule has 16 heavy (non-hydrogen) atoms. The average molecular weight is 222 g/mol. The van der Waals surface area contributed by atoms with Gasteiger partial charge in [0.05, 0.1) is 0 Å². The molecule has 1 aliphatic heterocycles. The summed E-state index contributed by atoms with van der Waals surface area (Å²) in [6.45, 7) is 2.20. The largest absolute Gasteiger partial charge is 0.481 e. The molecule has 1 atom stereocenters. The molecule has 4 nitrogen and oxygen atoms in total. The van der Waals surface area contributed by atoms with Gasteiger partial charge in [-0.3, -0.25) is 4.79 Å². The van der Waals surface area contributed by atoms with Gasteiger partial charge in [-0.05, 0) is 30.0 Å². The van der Waals surface area contributed by atoms with Gasteiger partial charge in [0.25, 0.3) is 0 Å². The van der Waals surface area contributed by atoms with Crippen LogP contribution in [0.4, 0.5) is 0 Å². The van der Waals surface area contributed by atoms with Crippen molar-refractivity contribution in [3.8, 4) is 11.5 Å². The third-order valence-electron chi connectivity index (χ3n) is 2.54. The first kappa shape index (κ1) is 10.8. The molecule has 0 saturated carbocycles. The Morgan fingerprint density at radius 2 is 2.19 bits per heavy atom. The van der Waals surface area contributed by atoms with Gasteiger partial charge in [0.15, 0.2) is 11.5 Å². The highest BCUT2D eigenvalue weighted by Gasteiger charge is 2.15. The SMILES string of the molecule is CC(CC(=O)O)Cc1ccc2c(c1)OCO2. The van der Waals surface area contributed by atoms with E-state index in [1.54, 1.807) is 0 Å². The number of benzene rings is 1. The monoisotopic (exact) mass is 222 g/mol. The van der Waals surface area contributed by atoms with Gasteiger partial charge < -0.3 is 14.6 Å². The number of hydrogen-bond acceptors (Lipinski definition) is 3. The molecule has 1 heterocycles. The van der Waals surface area contributed by atoms with Crippen molar-refractivity contribution >= 4 is 5.97 Å². The average Bonchev–Trinajstić information content (AvgIpc) is 2.63. The van der Waals surface area contributed by atoms with Crippen molar-refractivity contribution in [1.82, 2.24) is 0 Å². The van der Waals surface area contributed by atoms with Crippen molar-refractivity contribution in [2.45, 2.75) is 19.8 Å². The number of carbonyl (C=O) groups is 1. The van der Waals surface area contributed by atoms with Crippen LogP contribution < -0.4 is 9.47 Å². The predicted octanol–water partition coefficient (Wildman–Crippen LogP) is 2.07. The molecule has 0 aromatic heterocycles. The van der Waals surface area contributed by atoms with Crippen LogP contribution in [0.1, 0.15) is 18.9 Å². The number of carboxylic acids is 1. The molecule has 4 heteroatoms. The van der Waals surface area contributed by atoms with Crippen molar-refractivity contribution in [3.05, 3.63) is 23.8 Å². The van der Waals surface area contributed by atoms with Crippen LogP contribution in [0.25, 0.3) is 0 Å². The number of fused-ring (bicyclic) bond motifs is 1. The summed E-state index contributed by atoms with van der Waals surface area (Å²) in [5.41, 5.74) is 1.08. The minimum atomic E-state index is -0.756. The van der Waals surface area contributed by atoms with Crippen molar-refractivity contribution < 1.29 is 19.4 Å². The van der Waals surface area contributed by atoms with Gasteiger partial charge >= 0.3 is 5.97 Å². The van der Waals surface area contributed by atoms with Gasteiger partial charge in [0.2, 0.25) is 6.79 Å². The fraction of sp³-hybridized carbons (Fsp3) is 0.417. The Balaban J connectivity index is 2.02. The van der Waals surface area contributed by atoms with Crippen molar-refractivity contribution in [2.24, 2.45) is 5.92 Å². The smallest absolute Gasteiger partial charge is 0.303 e. The molecule has 86 valence electrons. The molecule has 0 bridgehead atoms. The van der Waals surface area contributed by atoms with E-state index in [0.717, 1.165) is 23.5 Å². The third-order valence-corrected chi connectivity index (χ3v) is 2.54. The first-order valence-corrected chi connectivity index (χ1v) is 5.25. The number of ether oxygens (including phenoxy) is 2. The minimum absolute atomic E-state index is 0.123. The molecule has 0 radical (unpaired) electrons. The second-order valence-electron chi connectivity index (χ2n) is 4.09. The normalized spacial score (nSPS) is 14.8. The Labute approximate surface area is 93.8 Å². The van der Waals surface area contributed by atoms with Crippen LogP contribution in [0.15, 0.2) is 18.2 Å². The van der Waals surface area contributed by atoms with Crippen LogP contribution in [-0.4, -0.2) is 17.9 Å². The summed E-state index contributed by atoms with van der Waals surface area (Å²) < 4.78 is 10.5. The van der Waals surface area contributed by atoms with Gasteiger partial charge in [-0.2, -0.15) is 0 Å². The number of carboxylic acid groups (broad SMARTS) is 1. The zero-order valence-electron chi connectivity index (χ0n) is 9.10. The Morgan fingerprint density at radius 3 is 2.94 bits per heavy atom. The lowest BCUT2D eigenvalue weighted by Gasteiger charge is -2.08. The lowest BCUT2D eigenvalue weighted by molar-refractivity contribution is -0.137. The van der Waals surface area contributed by atoms with Gasteiger partial charge in [-0.1, -0.05) is 13.0 Å². The second-order valence-corrected chi connectivity index (χ2v) is 4.09. The van der Waals surface area contributed by atoms with Gasteiger partial charge in [0, 0.05) is 6.42 Å². The van der Waals surface area contributed by atoms with E-state index in [-0.39, 0.29) is 19.1 Å². The summed E-state index contributed by atoms with van der Waals surface area (Å²) in [6, 6.07) is 5.73. The standard InChI is InChI=1S/C12H14O4/c1-8(5-12(13)14)4-9-2-3-10-11(6-9)16-7-15-10/h2-3,6,8H,4-5,7H2,1H3,(H,13,14). The Morgan fingerprint density at radius 1 is 1.44 bits per heavy atom. The number of rotatable bonds is 4. The molecule has 1 aromatic carbocycles. The van der Waals surface area contributed by atoms with Gasteiger partial charge in [-0.25, -0.2) is 0 Å². The first-order chi connectivity index (χ1) is 7.65. The highest BCUT2D eigenvalue weighted by Crippen LogP contribution is 2.33. The quantitative estimate of drug-likeness (QED) is 0.847. The summed E-state index contributed by atoms with van der Waals surface area (Å²) in [5, 5.41) is 8.67. The molecule has 1 N–H and O–H groups in total. The van der Waals surface area contributed by atoms with E-state index in [2.05, 4.69) is 0 Å². The van der Waals surface area contributed by atoms with E-state index in [1.165, 1.54) is 0 Å². The molecule has 1 unspecified atom stereocenters. The maximum Gasteiger partial charge on any atom is 0.303 e. The Kier molecular flexibility index (Phi) is 2.99. The fourth-order valence-electron chi connectivity index (χ4n) is 1.84. The highest BCUT2D eigenvalue weighted by molar-refractivity contribution is 5.67. The molecule has 0 saturated heterocycles. The fourth-order valence-corrected chi connectivity index (χ4v) is 1.84. The van der Waals surface area contributed by atoms with Crippen LogP contribution in [0.2, 0.25) is 0 Å². The van der Waals surface area contributed by atoms with Crippen molar-refractivity contribution in [2.75, 3.05) is 6.79 Å². The van der Waals surface area contributed by atoms with E-state index in [1.807, 2.05) is 25.1 Å². The molecule has 0 amide bonds. The number of hydrogen-bond donors (Lipinski definition) is 1. The number of aliphatic carboxylic acids is 1. The van der Waals surface area contributed by atoms with Crippen molar-refractivity contribution in [3.63, 3.8) is 0 Å². The summed E-state index contributed by atoms with van der Waals surface area (Å²) in [6.07, 6.45) is 0.928. The van der Waals surface area contributed by atoms with Crippen LogP contribution in [0.3, 0.4) is 0 Å². The highest BCUT2D eigenvalue weighted by atomic mass is 16.7. The summed E-state index contributed by atoms with van der Waals surface area (Å²) >= 11 is 0. The predicted molar refractivity (Wildman–Crippen MR) is 57.7 cm³/mol. The maximum absolute atomic E-state index is 10.5. The van der Waals surface area contributed by atoms with Crippen LogP contribution >= 0.6 is 0 Å². The molecule has 1 aromatic rings. The topological polar surface area (TPSA) is 55.8 Å². The van der Waals surface area contributed by atoms with E-state index in [0.29, 0.717) is 0 Å². The Hall–Kier alpha value is -1.71. The molecular weight excluding hydrogens is 208 g/mol. The third kappa shape index (κ3) is 2.45. The first-order valence-electron chi connectivity index (χ1n) is 5.25. The summed E-state index contributed by atoms with van der Waals surface area (Å²) in [7, 11) is 0. The molecule has 0 fully saturated rings. The molecule has 0 aliphatic carbocycles. The van der Waals surface area contributed by atoms with E-state index < -0.39 is 5.97 Å². The molecular formula is C12H14O4. The lowest BCUT2D eigenvalue weighted by atomic mass is 9.98. The zero-order chi connectivity index (χ0) is 11.5. The summed E-state index contributed by atoms with van der Waals surface area (Å²) in [5.74, 6) is 0.876. The van der Waals surface area contributed by atoms with E-state index in [4.69, 9.17) is 14.6 Å². The molecule has 2 rings (SSSR count). The van der Waals surface area contributed by atoms with Crippen LogP contribution in [0, 0.1) is 5.92 Å². The van der Waals surface area contributed by atoms with Crippen LogP contribution in [-0.2, 0) is 11.2 Å². The summed E-state index contributed by atoms with van der Waals surface area (Å²) in [4.78, 5) is 10.5. The molecule has 1 aliphatic rings. The van der Waals surface area contributed by atoms with Gasteiger partial charge in [0.1, 0.15) is 0 Å². The van der Waals surface area contributed by atoms with Crippen molar-refractivity contribution in [1.29, 1.82) is 0 Å². The van der Waals surface area contributed by atoms with E-state index in [9.17, 15) is 4.79 Å². The Bertz CT molecular complexity index is 400.